The SMILES string of the molecule is COc1ccc(C)cc1NC(=O)c1ccc(NCCc2ccc(Cl)cc2)nc1. The van der Waals surface area contributed by atoms with Crippen LogP contribution in [0, 0.1) is 6.92 Å². The van der Waals surface area contributed by atoms with Gasteiger partial charge in [-0.1, -0.05) is 29.8 Å². The summed E-state index contributed by atoms with van der Waals surface area (Å²) in [7, 11) is 1.58. The fourth-order valence-corrected chi connectivity index (χ4v) is 2.86. The molecule has 1 amide bonds. The van der Waals surface area contributed by atoms with Crippen LogP contribution in [-0.2, 0) is 6.42 Å². The number of pyridine rings is 1. The van der Waals surface area contributed by atoms with Gasteiger partial charge in [-0.25, -0.2) is 4.98 Å². The van der Waals surface area contributed by atoms with Crippen LogP contribution in [0.4, 0.5) is 11.5 Å². The van der Waals surface area contributed by atoms with Crippen molar-refractivity contribution in [1.29, 1.82) is 0 Å². The van der Waals surface area contributed by atoms with Gasteiger partial charge in [-0.05, 0) is 60.9 Å². The molecule has 0 spiro atoms. The second kappa shape index (κ2) is 9.24. The highest BCUT2D eigenvalue weighted by Gasteiger charge is 2.10. The van der Waals surface area contributed by atoms with Crippen LogP contribution < -0.4 is 15.4 Å². The van der Waals surface area contributed by atoms with Gasteiger partial charge in [0.15, 0.2) is 0 Å². The van der Waals surface area contributed by atoms with Gasteiger partial charge in [-0.2, -0.15) is 0 Å². The molecule has 0 aliphatic rings. The first kappa shape index (κ1) is 19.7. The van der Waals surface area contributed by atoms with Crippen LogP contribution in [0.2, 0.25) is 5.02 Å². The molecule has 6 heteroatoms. The Balaban J connectivity index is 1.57. The minimum atomic E-state index is -0.232. The molecule has 0 saturated heterocycles. The number of anilines is 2. The van der Waals surface area contributed by atoms with Crippen LogP contribution in [0.15, 0.2) is 60.8 Å². The number of nitrogens with zero attached hydrogens (tertiary/aromatic N) is 1. The van der Waals surface area contributed by atoms with Crippen LogP contribution in [-0.4, -0.2) is 24.5 Å². The van der Waals surface area contributed by atoms with Gasteiger partial charge in [-0.3, -0.25) is 4.79 Å². The van der Waals surface area contributed by atoms with E-state index in [2.05, 4.69) is 15.6 Å². The third-order valence-corrected chi connectivity index (χ3v) is 4.51. The fourth-order valence-electron chi connectivity index (χ4n) is 2.73. The number of amides is 1. The van der Waals surface area contributed by atoms with Crippen molar-refractivity contribution in [2.24, 2.45) is 0 Å². The average molecular weight is 396 g/mol. The number of aryl methyl sites for hydroxylation is 1. The van der Waals surface area contributed by atoms with Crippen LogP contribution in [0.25, 0.3) is 0 Å². The Kier molecular flexibility index (Phi) is 6.50. The van der Waals surface area contributed by atoms with Gasteiger partial charge in [0.25, 0.3) is 5.91 Å². The van der Waals surface area contributed by atoms with E-state index < -0.39 is 0 Å². The number of carbonyl (C=O) groups is 1. The molecule has 0 aliphatic carbocycles. The first-order valence-electron chi connectivity index (χ1n) is 8.95. The van der Waals surface area contributed by atoms with Crippen molar-refractivity contribution >= 4 is 29.0 Å². The van der Waals surface area contributed by atoms with Crippen molar-refractivity contribution in [3.05, 3.63) is 82.5 Å². The summed E-state index contributed by atoms with van der Waals surface area (Å²) in [6.07, 6.45) is 2.41. The molecule has 3 aromatic rings. The smallest absolute Gasteiger partial charge is 0.257 e. The molecule has 1 heterocycles. The van der Waals surface area contributed by atoms with Crippen molar-refractivity contribution in [2.45, 2.75) is 13.3 Å². The number of halogens is 1. The maximum Gasteiger partial charge on any atom is 0.257 e. The molecule has 1 aromatic heterocycles. The maximum atomic E-state index is 12.5. The highest BCUT2D eigenvalue weighted by atomic mass is 35.5. The number of rotatable bonds is 7. The van der Waals surface area contributed by atoms with E-state index in [4.69, 9.17) is 16.3 Å². The van der Waals surface area contributed by atoms with Crippen LogP contribution >= 0.6 is 11.6 Å². The first-order valence-corrected chi connectivity index (χ1v) is 9.33. The van der Waals surface area contributed by atoms with Gasteiger partial charge in [-0.15, -0.1) is 0 Å². The average Bonchev–Trinajstić information content (AvgIpc) is 2.70. The minimum absolute atomic E-state index is 0.232. The fraction of sp³-hybridized carbons (Fsp3) is 0.182. The number of benzene rings is 2. The van der Waals surface area contributed by atoms with E-state index in [1.807, 2.05) is 49.4 Å². The van der Waals surface area contributed by atoms with Crippen molar-refractivity contribution in [2.75, 3.05) is 24.3 Å². The number of hydrogen-bond acceptors (Lipinski definition) is 4. The zero-order valence-electron chi connectivity index (χ0n) is 15.8. The Morgan fingerprint density at radius 1 is 1.11 bits per heavy atom. The lowest BCUT2D eigenvalue weighted by Gasteiger charge is -2.11. The molecule has 3 rings (SSSR count). The Bertz CT molecular complexity index is 941. The highest BCUT2D eigenvalue weighted by Crippen LogP contribution is 2.25. The molecule has 28 heavy (non-hydrogen) atoms. The topological polar surface area (TPSA) is 63.2 Å². The number of ether oxygens (including phenoxy) is 1. The Hall–Kier alpha value is -3.05. The molecule has 0 radical (unpaired) electrons. The zero-order chi connectivity index (χ0) is 19.9. The lowest BCUT2D eigenvalue weighted by Crippen LogP contribution is -2.13. The molecule has 0 unspecified atom stereocenters. The van der Waals surface area contributed by atoms with E-state index in [0.29, 0.717) is 17.0 Å². The zero-order valence-corrected chi connectivity index (χ0v) is 16.6. The monoisotopic (exact) mass is 395 g/mol. The van der Waals surface area contributed by atoms with Gasteiger partial charge < -0.3 is 15.4 Å². The van der Waals surface area contributed by atoms with Gasteiger partial charge in [0.05, 0.1) is 18.4 Å². The summed E-state index contributed by atoms with van der Waals surface area (Å²) in [5, 5.41) is 6.86. The Labute approximate surface area is 169 Å². The summed E-state index contributed by atoms with van der Waals surface area (Å²) in [6, 6.07) is 16.9. The van der Waals surface area contributed by atoms with Gasteiger partial charge in [0.2, 0.25) is 0 Å². The number of methoxy groups -OCH3 is 1. The molecule has 5 nitrogen and oxygen atoms in total. The van der Waals surface area contributed by atoms with Gasteiger partial charge in [0.1, 0.15) is 11.6 Å². The van der Waals surface area contributed by atoms with E-state index in [9.17, 15) is 4.79 Å². The highest BCUT2D eigenvalue weighted by molar-refractivity contribution is 6.30. The first-order chi connectivity index (χ1) is 13.5. The second-order valence-electron chi connectivity index (χ2n) is 6.39. The number of carbonyl (C=O) groups excluding carboxylic acids is 1. The molecular formula is C22H22ClN3O2. The predicted octanol–water partition coefficient (Wildman–Crippen LogP) is 4.96. The lowest BCUT2D eigenvalue weighted by atomic mass is 10.1. The molecular weight excluding hydrogens is 374 g/mol. The van der Waals surface area contributed by atoms with E-state index >= 15 is 0 Å². The van der Waals surface area contributed by atoms with E-state index in [1.165, 1.54) is 5.56 Å². The summed E-state index contributed by atoms with van der Waals surface area (Å²) in [5.74, 6) is 1.11. The van der Waals surface area contributed by atoms with Crippen molar-refractivity contribution in [1.82, 2.24) is 4.98 Å². The van der Waals surface area contributed by atoms with E-state index in [-0.39, 0.29) is 5.91 Å². The molecule has 0 saturated carbocycles. The standard InChI is InChI=1S/C22H22ClN3O2/c1-15-3-9-20(28-2)19(13-15)26-22(27)17-6-10-21(25-14-17)24-12-11-16-4-7-18(23)8-5-16/h3-10,13-14H,11-12H2,1-2H3,(H,24,25)(H,26,27). The van der Waals surface area contributed by atoms with E-state index in [0.717, 1.165) is 29.4 Å². The molecule has 2 N–H and O–H groups in total. The predicted molar refractivity (Wildman–Crippen MR) is 114 cm³/mol. The van der Waals surface area contributed by atoms with Crippen molar-refractivity contribution in [3.63, 3.8) is 0 Å². The summed E-state index contributed by atoms with van der Waals surface area (Å²) < 4.78 is 5.30. The summed E-state index contributed by atoms with van der Waals surface area (Å²) >= 11 is 5.89. The minimum Gasteiger partial charge on any atom is -0.495 e. The molecule has 144 valence electrons. The maximum absolute atomic E-state index is 12.5. The van der Waals surface area contributed by atoms with Crippen LogP contribution in [0.5, 0.6) is 5.75 Å². The molecule has 0 fully saturated rings. The normalized spacial score (nSPS) is 10.4. The molecule has 0 aliphatic heterocycles. The lowest BCUT2D eigenvalue weighted by molar-refractivity contribution is 0.102. The third kappa shape index (κ3) is 5.24. The van der Waals surface area contributed by atoms with Crippen LogP contribution in [0.3, 0.4) is 0 Å². The molecule has 0 bridgehead atoms. The van der Waals surface area contributed by atoms with Gasteiger partial charge in [0, 0.05) is 17.8 Å². The Morgan fingerprint density at radius 2 is 1.89 bits per heavy atom. The summed E-state index contributed by atoms with van der Waals surface area (Å²) in [4.78, 5) is 16.8. The summed E-state index contributed by atoms with van der Waals surface area (Å²) in [6.45, 7) is 2.70. The van der Waals surface area contributed by atoms with Crippen molar-refractivity contribution in [3.8, 4) is 5.75 Å². The number of aromatic nitrogens is 1. The molecule has 2 aromatic carbocycles. The number of nitrogens with one attached hydrogen (secondary N) is 2. The summed E-state index contributed by atoms with van der Waals surface area (Å²) in [5.41, 5.74) is 3.35. The Morgan fingerprint density at radius 3 is 2.57 bits per heavy atom. The number of hydrogen-bond donors (Lipinski definition) is 2. The van der Waals surface area contributed by atoms with Gasteiger partial charge >= 0.3 is 0 Å². The quantitative estimate of drug-likeness (QED) is 0.593. The van der Waals surface area contributed by atoms with Crippen LogP contribution in [0.1, 0.15) is 21.5 Å². The largest absolute Gasteiger partial charge is 0.495 e. The van der Waals surface area contributed by atoms with E-state index in [1.54, 1.807) is 25.4 Å². The second-order valence-corrected chi connectivity index (χ2v) is 6.83. The third-order valence-electron chi connectivity index (χ3n) is 4.26. The molecule has 0 atom stereocenters. The van der Waals surface area contributed by atoms with Crippen molar-refractivity contribution < 1.29 is 9.53 Å².